The molecule has 0 aromatic heterocycles. The number of benzene rings is 2. The van der Waals surface area contributed by atoms with Crippen molar-refractivity contribution < 1.29 is 14.4 Å². The third-order valence-electron chi connectivity index (χ3n) is 4.69. The Hall–Kier alpha value is -2.17. The van der Waals surface area contributed by atoms with E-state index in [2.05, 4.69) is 0 Å². The van der Waals surface area contributed by atoms with Crippen molar-refractivity contribution in [2.24, 2.45) is 0 Å². The molecule has 124 valence electrons. The molecule has 1 heterocycles. The summed E-state index contributed by atoms with van der Waals surface area (Å²) in [5, 5.41) is 1.45. The van der Waals surface area contributed by atoms with Crippen LogP contribution < -0.4 is 0 Å². The summed E-state index contributed by atoms with van der Waals surface area (Å²) >= 11 is 0. The van der Waals surface area contributed by atoms with Gasteiger partial charge in [-0.15, -0.1) is 0 Å². The minimum atomic E-state index is -0.477. The molecule has 1 aliphatic heterocycles. The molecule has 2 aliphatic rings. The molecule has 0 radical (unpaired) electrons. The average molecular weight is 323 g/mol. The predicted molar refractivity (Wildman–Crippen MR) is 89.9 cm³/mol. The van der Waals surface area contributed by atoms with Gasteiger partial charge in [0.15, 0.2) is 6.23 Å². The number of carbonyl (C=O) groups is 1. The second-order valence-corrected chi connectivity index (χ2v) is 6.38. The fraction of sp³-hybridized carbons (Fsp3) is 0.350. The van der Waals surface area contributed by atoms with Crippen LogP contribution >= 0.6 is 0 Å². The zero-order valence-corrected chi connectivity index (χ0v) is 13.6. The van der Waals surface area contributed by atoms with E-state index in [1.165, 1.54) is 5.06 Å². The van der Waals surface area contributed by atoms with Crippen LogP contribution in [0.4, 0.5) is 0 Å². The van der Waals surface area contributed by atoms with Gasteiger partial charge in [0, 0.05) is 11.1 Å². The third-order valence-corrected chi connectivity index (χ3v) is 4.69. The highest BCUT2D eigenvalue weighted by molar-refractivity contribution is 5.98. The van der Waals surface area contributed by atoms with Gasteiger partial charge in [-0.25, -0.2) is 0 Å². The van der Waals surface area contributed by atoms with E-state index in [-0.39, 0.29) is 12.0 Å². The number of carbonyl (C=O) groups excluding carboxylic acids is 1. The van der Waals surface area contributed by atoms with E-state index in [4.69, 9.17) is 9.57 Å². The molecule has 1 aliphatic carbocycles. The zero-order chi connectivity index (χ0) is 16.4. The quantitative estimate of drug-likeness (QED) is 0.826. The highest BCUT2D eigenvalue weighted by Gasteiger charge is 2.40. The fourth-order valence-corrected chi connectivity index (χ4v) is 3.42. The van der Waals surface area contributed by atoms with Crippen LogP contribution in [0.1, 0.15) is 53.4 Å². The Balaban J connectivity index is 1.55. The molecule has 0 bridgehead atoms. The Bertz CT molecular complexity index is 710. The summed E-state index contributed by atoms with van der Waals surface area (Å²) in [6.07, 6.45) is 3.97. The maximum atomic E-state index is 12.7. The summed E-state index contributed by atoms with van der Waals surface area (Å²) in [5.74, 6) is -0.101. The minimum absolute atomic E-state index is 0.101. The summed E-state index contributed by atoms with van der Waals surface area (Å²) in [6, 6.07) is 17.6. The number of rotatable bonds is 5. The average Bonchev–Trinajstić information content (AvgIpc) is 3.23. The number of amides is 1. The standard InChI is InChI=1S/C20H21NO3/c22-19-17-12-6-7-13-18(17)20(21(19)24-16-10-4-5-11-16)23-14-15-8-2-1-3-9-15/h1-3,6-9,12-13,16,20H,4-5,10-11,14H2. The van der Waals surface area contributed by atoms with Crippen LogP contribution in [0.3, 0.4) is 0 Å². The molecule has 2 aromatic carbocycles. The first kappa shape index (κ1) is 15.4. The van der Waals surface area contributed by atoms with Gasteiger partial charge in [0.1, 0.15) is 0 Å². The highest BCUT2D eigenvalue weighted by Crippen LogP contribution is 2.37. The van der Waals surface area contributed by atoms with Crippen molar-refractivity contribution in [3.8, 4) is 0 Å². The van der Waals surface area contributed by atoms with Gasteiger partial charge in [0.2, 0.25) is 0 Å². The maximum absolute atomic E-state index is 12.7. The second kappa shape index (κ2) is 6.75. The van der Waals surface area contributed by atoms with Gasteiger partial charge >= 0.3 is 0 Å². The molecule has 24 heavy (non-hydrogen) atoms. The first-order valence-electron chi connectivity index (χ1n) is 8.58. The molecule has 4 rings (SSSR count). The lowest BCUT2D eigenvalue weighted by atomic mass is 10.1. The molecule has 1 saturated carbocycles. The van der Waals surface area contributed by atoms with E-state index in [0.717, 1.165) is 36.8 Å². The lowest BCUT2D eigenvalue weighted by Crippen LogP contribution is -2.33. The Morgan fingerprint density at radius 1 is 0.958 bits per heavy atom. The molecule has 0 N–H and O–H groups in total. The Morgan fingerprint density at radius 2 is 1.67 bits per heavy atom. The summed E-state index contributed by atoms with van der Waals surface area (Å²) in [6.45, 7) is 0.442. The van der Waals surface area contributed by atoms with Crippen molar-refractivity contribution in [2.75, 3.05) is 0 Å². The molecule has 1 unspecified atom stereocenters. The van der Waals surface area contributed by atoms with Crippen molar-refractivity contribution in [2.45, 2.75) is 44.6 Å². The van der Waals surface area contributed by atoms with Gasteiger partial charge in [0.25, 0.3) is 5.91 Å². The third kappa shape index (κ3) is 2.95. The molecule has 2 aromatic rings. The van der Waals surface area contributed by atoms with Crippen LogP contribution in [-0.4, -0.2) is 17.1 Å². The van der Waals surface area contributed by atoms with Crippen LogP contribution in [0.25, 0.3) is 0 Å². The number of hydrogen-bond acceptors (Lipinski definition) is 3. The van der Waals surface area contributed by atoms with Crippen LogP contribution in [0, 0.1) is 0 Å². The molecule has 1 fully saturated rings. The number of nitrogens with zero attached hydrogens (tertiary/aromatic N) is 1. The summed E-state index contributed by atoms with van der Waals surface area (Å²) < 4.78 is 6.09. The monoisotopic (exact) mass is 323 g/mol. The molecule has 4 heteroatoms. The van der Waals surface area contributed by atoms with Crippen LogP contribution in [-0.2, 0) is 16.2 Å². The number of fused-ring (bicyclic) bond motifs is 1. The largest absolute Gasteiger partial charge is 0.347 e. The smallest absolute Gasteiger partial charge is 0.280 e. The molecular formula is C20H21NO3. The normalized spacial score (nSPS) is 20.6. The Kier molecular flexibility index (Phi) is 4.32. The summed E-state index contributed by atoms with van der Waals surface area (Å²) in [5.41, 5.74) is 2.64. The SMILES string of the molecule is O=C1c2ccccc2C(OCc2ccccc2)N1OC1CCCC1. The molecule has 1 amide bonds. The highest BCUT2D eigenvalue weighted by atomic mass is 16.7. The van der Waals surface area contributed by atoms with Gasteiger partial charge in [-0.3, -0.25) is 9.63 Å². The van der Waals surface area contributed by atoms with Crippen LogP contribution in [0.15, 0.2) is 54.6 Å². The van der Waals surface area contributed by atoms with Crippen molar-refractivity contribution in [3.05, 3.63) is 71.3 Å². The predicted octanol–water partition coefficient (Wildman–Crippen LogP) is 4.23. The number of ether oxygens (including phenoxy) is 1. The Morgan fingerprint density at radius 3 is 2.46 bits per heavy atom. The van der Waals surface area contributed by atoms with E-state index in [0.29, 0.717) is 12.2 Å². The first-order chi connectivity index (χ1) is 11.8. The van der Waals surface area contributed by atoms with E-state index >= 15 is 0 Å². The van der Waals surface area contributed by atoms with Crippen molar-refractivity contribution in [3.63, 3.8) is 0 Å². The van der Waals surface area contributed by atoms with Crippen molar-refractivity contribution in [1.29, 1.82) is 0 Å². The topological polar surface area (TPSA) is 38.8 Å². The van der Waals surface area contributed by atoms with Crippen LogP contribution in [0.2, 0.25) is 0 Å². The lowest BCUT2D eigenvalue weighted by Gasteiger charge is -2.27. The van der Waals surface area contributed by atoms with Gasteiger partial charge in [-0.2, -0.15) is 5.06 Å². The molecule has 0 saturated heterocycles. The zero-order valence-electron chi connectivity index (χ0n) is 13.6. The van der Waals surface area contributed by atoms with Gasteiger partial charge in [-0.1, -0.05) is 61.4 Å². The van der Waals surface area contributed by atoms with Gasteiger partial charge in [-0.05, 0) is 24.5 Å². The second-order valence-electron chi connectivity index (χ2n) is 6.38. The first-order valence-corrected chi connectivity index (χ1v) is 8.58. The van der Waals surface area contributed by atoms with Crippen LogP contribution in [0.5, 0.6) is 0 Å². The van der Waals surface area contributed by atoms with Crippen molar-refractivity contribution >= 4 is 5.91 Å². The summed E-state index contributed by atoms with van der Waals surface area (Å²) in [4.78, 5) is 18.8. The van der Waals surface area contributed by atoms with E-state index in [1.54, 1.807) is 0 Å². The lowest BCUT2D eigenvalue weighted by molar-refractivity contribution is -0.242. The van der Waals surface area contributed by atoms with E-state index in [9.17, 15) is 4.79 Å². The van der Waals surface area contributed by atoms with Crippen molar-refractivity contribution in [1.82, 2.24) is 5.06 Å². The molecule has 1 atom stereocenters. The summed E-state index contributed by atoms with van der Waals surface area (Å²) in [7, 11) is 0. The van der Waals surface area contributed by atoms with E-state index in [1.807, 2.05) is 54.6 Å². The Labute approximate surface area is 141 Å². The van der Waals surface area contributed by atoms with Gasteiger partial charge in [0.05, 0.1) is 12.7 Å². The fourth-order valence-electron chi connectivity index (χ4n) is 3.42. The molecule has 4 nitrogen and oxygen atoms in total. The van der Waals surface area contributed by atoms with Gasteiger partial charge < -0.3 is 4.74 Å². The van der Waals surface area contributed by atoms with E-state index < -0.39 is 6.23 Å². The molecule has 0 spiro atoms. The minimum Gasteiger partial charge on any atom is -0.347 e. The number of hydrogen-bond donors (Lipinski definition) is 0. The molecular weight excluding hydrogens is 302 g/mol. The maximum Gasteiger partial charge on any atom is 0.280 e. The number of hydroxylamine groups is 2.